The summed E-state index contributed by atoms with van der Waals surface area (Å²) < 4.78 is 26.2. The number of carbonyl (C=O) groups excluding carboxylic acids is 1. The lowest BCUT2D eigenvalue weighted by atomic mass is 9.86. The number of amides is 1. The molecule has 0 atom stereocenters. The van der Waals surface area contributed by atoms with E-state index in [9.17, 15) is 13.2 Å². The molecule has 1 saturated carbocycles. The van der Waals surface area contributed by atoms with E-state index >= 15 is 0 Å². The second-order valence-corrected chi connectivity index (χ2v) is 9.11. The first kappa shape index (κ1) is 17.9. The third-order valence-corrected chi connectivity index (χ3v) is 5.20. The summed E-state index contributed by atoms with van der Waals surface area (Å²) >= 11 is 0. The monoisotopic (exact) mass is 338 g/mol. The molecule has 0 aliphatic heterocycles. The molecule has 5 nitrogen and oxygen atoms in total. The molecular weight excluding hydrogens is 312 g/mol. The van der Waals surface area contributed by atoms with Crippen LogP contribution in [0.2, 0.25) is 0 Å². The predicted octanol–water partition coefficient (Wildman–Crippen LogP) is 1.72. The van der Waals surface area contributed by atoms with E-state index in [1.165, 1.54) is 5.56 Å². The highest BCUT2D eigenvalue weighted by Gasteiger charge is 2.23. The Kier molecular flexibility index (Phi) is 5.47. The van der Waals surface area contributed by atoms with Crippen molar-refractivity contribution in [2.24, 2.45) is 0 Å². The van der Waals surface area contributed by atoms with Crippen LogP contribution in [0.25, 0.3) is 0 Å². The molecule has 128 valence electrons. The molecule has 1 fully saturated rings. The first-order valence-electron chi connectivity index (χ1n) is 8.02. The molecule has 0 radical (unpaired) electrons. The van der Waals surface area contributed by atoms with Crippen LogP contribution in [0.4, 0.5) is 0 Å². The second kappa shape index (κ2) is 7.01. The average Bonchev–Trinajstić information content (AvgIpc) is 3.27. The van der Waals surface area contributed by atoms with Crippen molar-refractivity contribution in [3.63, 3.8) is 0 Å². The van der Waals surface area contributed by atoms with Gasteiger partial charge in [0.05, 0.1) is 12.3 Å². The quantitative estimate of drug-likeness (QED) is 0.795. The van der Waals surface area contributed by atoms with Crippen molar-refractivity contribution >= 4 is 15.9 Å². The molecule has 0 aromatic heterocycles. The van der Waals surface area contributed by atoms with Gasteiger partial charge in [0.15, 0.2) is 0 Å². The summed E-state index contributed by atoms with van der Waals surface area (Å²) in [6.45, 7) is 6.25. The number of sulfonamides is 1. The number of rotatable bonds is 7. The maximum atomic E-state index is 11.9. The highest BCUT2D eigenvalue weighted by molar-refractivity contribution is 7.89. The molecule has 1 aliphatic rings. The molecule has 6 heteroatoms. The first-order chi connectivity index (χ1) is 10.7. The zero-order valence-electron chi connectivity index (χ0n) is 14.1. The van der Waals surface area contributed by atoms with Gasteiger partial charge in [0.2, 0.25) is 15.9 Å². The van der Waals surface area contributed by atoms with Crippen molar-refractivity contribution in [2.45, 2.75) is 51.5 Å². The smallest absolute Gasteiger partial charge is 0.235 e. The lowest BCUT2D eigenvalue weighted by molar-refractivity contribution is -0.120. The molecule has 0 spiro atoms. The normalized spacial score (nSPS) is 15.4. The molecule has 0 unspecified atom stereocenters. The molecular formula is C17H26N2O3S. The zero-order valence-corrected chi connectivity index (χ0v) is 14.9. The third kappa shape index (κ3) is 6.31. The van der Waals surface area contributed by atoms with E-state index in [4.69, 9.17) is 0 Å². The van der Waals surface area contributed by atoms with E-state index in [0.717, 1.165) is 18.4 Å². The van der Waals surface area contributed by atoms with Gasteiger partial charge in [-0.25, -0.2) is 13.1 Å². The summed E-state index contributed by atoms with van der Waals surface area (Å²) in [5.41, 5.74) is 2.28. The Labute approximate surface area is 138 Å². The van der Waals surface area contributed by atoms with Gasteiger partial charge in [-0.2, -0.15) is 0 Å². The van der Waals surface area contributed by atoms with Gasteiger partial charge in [-0.1, -0.05) is 45.0 Å². The number of benzene rings is 1. The second-order valence-electron chi connectivity index (χ2n) is 7.18. The molecule has 0 heterocycles. The lowest BCUT2D eigenvalue weighted by Crippen LogP contribution is -2.38. The topological polar surface area (TPSA) is 75.3 Å². The number of carbonyl (C=O) groups is 1. The predicted molar refractivity (Wildman–Crippen MR) is 91.8 cm³/mol. The van der Waals surface area contributed by atoms with Crippen LogP contribution in [0, 0.1) is 0 Å². The van der Waals surface area contributed by atoms with E-state index < -0.39 is 10.0 Å². The lowest BCUT2D eigenvalue weighted by Gasteiger charge is -2.19. The fourth-order valence-corrected chi connectivity index (χ4v) is 3.18. The van der Waals surface area contributed by atoms with Crippen LogP contribution >= 0.6 is 0 Å². The van der Waals surface area contributed by atoms with Crippen LogP contribution in [0.3, 0.4) is 0 Å². The number of hydrogen-bond donors (Lipinski definition) is 2. The zero-order chi connectivity index (χ0) is 17.1. The fourth-order valence-electron chi connectivity index (χ4n) is 2.18. The van der Waals surface area contributed by atoms with E-state index in [0.29, 0.717) is 6.42 Å². The van der Waals surface area contributed by atoms with Gasteiger partial charge in [0.25, 0.3) is 0 Å². The summed E-state index contributed by atoms with van der Waals surface area (Å²) in [5.74, 6) is -0.274. The van der Waals surface area contributed by atoms with Gasteiger partial charge in [0, 0.05) is 6.04 Å². The Morgan fingerprint density at radius 1 is 1.17 bits per heavy atom. The maximum absolute atomic E-state index is 11.9. The van der Waals surface area contributed by atoms with Gasteiger partial charge in [0.1, 0.15) is 0 Å². The minimum Gasteiger partial charge on any atom is -0.352 e. The van der Waals surface area contributed by atoms with E-state index in [2.05, 4.69) is 30.8 Å². The summed E-state index contributed by atoms with van der Waals surface area (Å²) in [6, 6.07) is 8.26. The Balaban J connectivity index is 1.80. The van der Waals surface area contributed by atoms with Gasteiger partial charge < -0.3 is 5.32 Å². The molecule has 2 rings (SSSR count). The van der Waals surface area contributed by atoms with Crippen molar-refractivity contribution in [1.82, 2.24) is 10.0 Å². The molecule has 1 aromatic rings. The van der Waals surface area contributed by atoms with Gasteiger partial charge >= 0.3 is 0 Å². The SMILES string of the molecule is CC(C)(C)c1ccc(CCS(=O)(=O)NCC(=O)NC2CC2)cc1. The molecule has 1 aromatic carbocycles. The summed E-state index contributed by atoms with van der Waals surface area (Å²) in [4.78, 5) is 11.5. The van der Waals surface area contributed by atoms with Crippen LogP contribution in [-0.4, -0.2) is 32.7 Å². The van der Waals surface area contributed by atoms with Crippen molar-refractivity contribution in [2.75, 3.05) is 12.3 Å². The standard InChI is InChI=1S/C17H26N2O3S/c1-17(2,3)14-6-4-13(5-7-14)10-11-23(21,22)18-12-16(20)19-15-8-9-15/h4-7,15,18H,8-12H2,1-3H3,(H,19,20). The minimum atomic E-state index is -3.44. The minimum absolute atomic E-state index is 0.0153. The molecule has 0 bridgehead atoms. The van der Waals surface area contributed by atoms with Crippen molar-refractivity contribution in [1.29, 1.82) is 0 Å². The maximum Gasteiger partial charge on any atom is 0.235 e. The Morgan fingerprint density at radius 2 is 1.78 bits per heavy atom. The van der Waals surface area contributed by atoms with Gasteiger partial charge in [-0.05, 0) is 35.8 Å². The molecule has 2 N–H and O–H groups in total. The molecule has 1 amide bonds. The summed E-state index contributed by atoms with van der Waals surface area (Å²) in [7, 11) is -3.44. The number of hydrogen-bond acceptors (Lipinski definition) is 3. The van der Waals surface area contributed by atoms with Crippen molar-refractivity contribution in [3.8, 4) is 0 Å². The largest absolute Gasteiger partial charge is 0.352 e. The fraction of sp³-hybridized carbons (Fsp3) is 0.588. The number of aryl methyl sites for hydroxylation is 1. The Bertz CT molecular complexity index is 641. The van der Waals surface area contributed by atoms with E-state index in [1.807, 2.05) is 24.3 Å². The summed E-state index contributed by atoms with van der Waals surface area (Å²) in [6.07, 6.45) is 2.41. The van der Waals surface area contributed by atoms with E-state index in [1.54, 1.807) is 0 Å². The Morgan fingerprint density at radius 3 is 2.30 bits per heavy atom. The highest BCUT2D eigenvalue weighted by Crippen LogP contribution is 2.22. The van der Waals surface area contributed by atoms with Gasteiger partial charge in [-0.15, -0.1) is 0 Å². The third-order valence-electron chi connectivity index (χ3n) is 3.87. The van der Waals surface area contributed by atoms with Crippen LogP contribution in [0.5, 0.6) is 0 Å². The summed E-state index contributed by atoms with van der Waals surface area (Å²) in [5, 5.41) is 2.75. The highest BCUT2D eigenvalue weighted by atomic mass is 32.2. The average molecular weight is 338 g/mol. The van der Waals surface area contributed by atoms with Crippen LogP contribution in [-0.2, 0) is 26.7 Å². The Hall–Kier alpha value is -1.40. The first-order valence-corrected chi connectivity index (χ1v) is 9.67. The van der Waals surface area contributed by atoms with E-state index in [-0.39, 0.29) is 29.7 Å². The van der Waals surface area contributed by atoms with Crippen molar-refractivity contribution in [3.05, 3.63) is 35.4 Å². The molecule has 23 heavy (non-hydrogen) atoms. The van der Waals surface area contributed by atoms with Gasteiger partial charge in [-0.3, -0.25) is 4.79 Å². The van der Waals surface area contributed by atoms with Crippen LogP contribution in [0.1, 0.15) is 44.7 Å². The van der Waals surface area contributed by atoms with Crippen molar-refractivity contribution < 1.29 is 13.2 Å². The molecule has 0 saturated heterocycles. The van der Waals surface area contributed by atoms with Crippen LogP contribution in [0.15, 0.2) is 24.3 Å². The molecule has 1 aliphatic carbocycles. The number of nitrogens with one attached hydrogen (secondary N) is 2. The van der Waals surface area contributed by atoms with Crippen LogP contribution < -0.4 is 10.0 Å².